The lowest BCUT2D eigenvalue weighted by Gasteiger charge is -2.11. The van der Waals surface area contributed by atoms with Gasteiger partial charge in [-0.3, -0.25) is 4.90 Å². The van der Waals surface area contributed by atoms with Crippen molar-refractivity contribution in [2.24, 2.45) is 10.3 Å². The van der Waals surface area contributed by atoms with Crippen molar-refractivity contribution < 1.29 is 5.03 Å². The van der Waals surface area contributed by atoms with Crippen LogP contribution in [0.2, 0.25) is 0 Å². The molecule has 0 heterocycles. The molecule has 0 saturated heterocycles. The van der Waals surface area contributed by atoms with Gasteiger partial charge in [-0.1, -0.05) is 13.8 Å². The normalized spacial score (nSPS) is 11.2. The van der Waals surface area contributed by atoms with E-state index in [0.29, 0.717) is 6.67 Å². The first kappa shape index (κ1) is 11.0. The summed E-state index contributed by atoms with van der Waals surface area (Å²) >= 11 is 0. The molecular formula is C6H14N4O2. The summed E-state index contributed by atoms with van der Waals surface area (Å²) in [5.74, 6) is 0. The smallest absolute Gasteiger partial charge is 0.211 e. The Morgan fingerprint density at radius 1 is 1.50 bits per heavy atom. The van der Waals surface area contributed by atoms with E-state index in [2.05, 4.69) is 10.3 Å². The van der Waals surface area contributed by atoms with Gasteiger partial charge in [-0.25, -0.2) is 0 Å². The minimum Gasteiger partial charge on any atom is -0.337 e. The Hall–Kier alpha value is -1.04. The molecule has 0 bridgehead atoms. The second kappa shape index (κ2) is 6.66. The van der Waals surface area contributed by atoms with E-state index in [1.54, 1.807) is 0 Å². The molecule has 0 aromatic heterocycles. The van der Waals surface area contributed by atoms with Gasteiger partial charge >= 0.3 is 0 Å². The average molecular weight is 174 g/mol. The topological polar surface area (TPSA) is 71.1 Å². The lowest BCUT2D eigenvalue weighted by atomic mass is 10.4. The largest absolute Gasteiger partial charge is 0.337 e. The molecule has 6 nitrogen and oxygen atoms in total. The Kier molecular flexibility index (Phi) is 6.08. The van der Waals surface area contributed by atoms with Crippen LogP contribution in [0.3, 0.4) is 0 Å². The van der Waals surface area contributed by atoms with E-state index in [4.69, 9.17) is 0 Å². The molecule has 0 fully saturated rings. The Balaban J connectivity index is 3.63. The van der Waals surface area contributed by atoms with Gasteiger partial charge in [0.2, 0.25) is 6.67 Å². The van der Waals surface area contributed by atoms with Crippen LogP contribution < -0.4 is 0 Å². The van der Waals surface area contributed by atoms with Gasteiger partial charge in [0, 0.05) is 6.54 Å². The standard InChI is InChI=1S/C6H14N4O2/c1-3-5-9(4-2)6-7-8-10(11)12/h3-6H2,1-2H3. The maximum absolute atomic E-state index is 9.75. The van der Waals surface area contributed by atoms with Gasteiger partial charge in [-0.05, 0) is 13.0 Å². The first-order valence-electron chi connectivity index (χ1n) is 3.94. The van der Waals surface area contributed by atoms with Crippen LogP contribution in [0.5, 0.6) is 0 Å². The first-order chi connectivity index (χ1) is 5.70. The molecule has 0 unspecified atom stereocenters. The molecule has 0 radical (unpaired) electrons. The summed E-state index contributed by atoms with van der Waals surface area (Å²) in [4.78, 5) is 11.7. The van der Waals surface area contributed by atoms with E-state index in [-0.39, 0.29) is 0 Å². The lowest BCUT2D eigenvalue weighted by Crippen LogP contribution is -2.24. The maximum atomic E-state index is 9.75. The second-order valence-electron chi connectivity index (χ2n) is 2.32. The third kappa shape index (κ3) is 5.72. The Bertz CT molecular complexity index is 160. The van der Waals surface area contributed by atoms with E-state index in [0.717, 1.165) is 19.5 Å². The minimum absolute atomic E-state index is 0.311. The maximum Gasteiger partial charge on any atom is 0.211 e. The number of hydrogen-bond acceptors (Lipinski definition) is 4. The van der Waals surface area contributed by atoms with E-state index < -0.39 is 5.03 Å². The average Bonchev–Trinajstić information content (AvgIpc) is 2.02. The van der Waals surface area contributed by atoms with Crippen LogP contribution in [-0.4, -0.2) is 29.7 Å². The van der Waals surface area contributed by atoms with Crippen LogP contribution in [0.4, 0.5) is 0 Å². The molecule has 0 saturated carbocycles. The Morgan fingerprint density at radius 3 is 2.58 bits per heavy atom. The molecule has 6 heteroatoms. The summed E-state index contributed by atoms with van der Waals surface area (Å²) < 4.78 is 0. The highest BCUT2D eigenvalue weighted by Crippen LogP contribution is 1.91. The zero-order valence-corrected chi connectivity index (χ0v) is 7.43. The predicted molar refractivity (Wildman–Crippen MR) is 44.3 cm³/mol. The van der Waals surface area contributed by atoms with Crippen molar-refractivity contribution in [3.05, 3.63) is 10.1 Å². The molecular weight excluding hydrogens is 160 g/mol. The van der Waals surface area contributed by atoms with Gasteiger partial charge in [0.05, 0.1) is 10.1 Å². The zero-order valence-electron chi connectivity index (χ0n) is 7.43. The first-order valence-corrected chi connectivity index (χ1v) is 3.94. The lowest BCUT2D eigenvalue weighted by molar-refractivity contribution is -0.494. The van der Waals surface area contributed by atoms with E-state index in [1.165, 1.54) is 0 Å². The summed E-state index contributed by atoms with van der Waals surface area (Å²) in [5, 5.41) is 15.2. The number of nitrogens with zero attached hydrogens (tertiary/aromatic N) is 4. The van der Waals surface area contributed by atoms with Crippen LogP contribution >= 0.6 is 0 Å². The van der Waals surface area contributed by atoms with Crippen LogP contribution in [0, 0.1) is 10.1 Å². The van der Waals surface area contributed by atoms with Gasteiger partial charge in [0.15, 0.2) is 5.22 Å². The van der Waals surface area contributed by atoms with Crippen LogP contribution in [0.1, 0.15) is 20.3 Å². The van der Waals surface area contributed by atoms with Crippen molar-refractivity contribution in [3.63, 3.8) is 0 Å². The molecule has 0 aliphatic carbocycles. The van der Waals surface area contributed by atoms with Crippen molar-refractivity contribution in [3.8, 4) is 0 Å². The molecule has 0 aliphatic rings. The minimum atomic E-state index is -0.792. The number of rotatable bonds is 6. The van der Waals surface area contributed by atoms with Crippen LogP contribution in [-0.2, 0) is 0 Å². The summed E-state index contributed by atoms with van der Waals surface area (Å²) in [6.07, 6.45) is 1.02. The molecule has 0 spiro atoms. The third-order valence-corrected chi connectivity index (χ3v) is 1.39. The van der Waals surface area contributed by atoms with Crippen molar-refractivity contribution in [1.82, 2.24) is 4.90 Å². The van der Waals surface area contributed by atoms with Crippen molar-refractivity contribution in [2.75, 3.05) is 19.8 Å². The number of nitro groups is 1. The molecule has 0 amide bonds. The van der Waals surface area contributed by atoms with Crippen LogP contribution in [0.15, 0.2) is 10.3 Å². The molecule has 0 rings (SSSR count). The van der Waals surface area contributed by atoms with Gasteiger partial charge < -0.3 is 10.1 Å². The summed E-state index contributed by atoms with van der Waals surface area (Å²) in [6.45, 7) is 6.08. The van der Waals surface area contributed by atoms with Crippen LogP contribution in [0.25, 0.3) is 0 Å². The zero-order chi connectivity index (χ0) is 9.40. The third-order valence-electron chi connectivity index (χ3n) is 1.39. The Morgan fingerprint density at radius 2 is 2.17 bits per heavy atom. The van der Waals surface area contributed by atoms with Gasteiger partial charge in [-0.15, -0.1) is 0 Å². The molecule has 0 N–H and O–H groups in total. The predicted octanol–water partition coefficient (Wildman–Crippen LogP) is 1.32. The summed E-state index contributed by atoms with van der Waals surface area (Å²) in [6, 6.07) is 0. The Labute approximate surface area is 71.4 Å². The molecule has 12 heavy (non-hydrogen) atoms. The van der Waals surface area contributed by atoms with Gasteiger partial charge in [-0.2, -0.15) is 0 Å². The molecule has 0 aromatic rings. The second-order valence-corrected chi connectivity index (χ2v) is 2.32. The SMILES string of the molecule is CCCN(CC)CN=N[N+](=O)[O-]. The van der Waals surface area contributed by atoms with Crippen molar-refractivity contribution >= 4 is 0 Å². The quantitative estimate of drug-likeness (QED) is 0.346. The van der Waals surface area contributed by atoms with Gasteiger partial charge in [0.25, 0.3) is 0 Å². The fourth-order valence-corrected chi connectivity index (χ4v) is 0.814. The number of hydrogen-bond donors (Lipinski definition) is 0. The fraction of sp³-hybridized carbons (Fsp3) is 1.00. The fourth-order valence-electron chi connectivity index (χ4n) is 0.814. The van der Waals surface area contributed by atoms with E-state index in [9.17, 15) is 10.1 Å². The summed E-state index contributed by atoms with van der Waals surface area (Å²) in [7, 11) is 0. The van der Waals surface area contributed by atoms with Gasteiger partial charge in [0.1, 0.15) is 0 Å². The molecule has 0 aliphatic heterocycles. The highest BCUT2D eigenvalue weighted by molar-refractivity contribution is 4.48. The van der Waals surface area contributed by atoms with E-state index in [1.807, 2.05) is 18.7 Å². The highest BCUT2D eigenvalue weighted by atomic mass is 16.7. The van der Waals surface area contributed by atoms with Crippen molar-refractivity contribution in [2.45, 2.75) is 20.3 Å². The molecule has 0 aromatic carbocycles. The molecule has 0 atom stereocenters. The summed E-state index contributed by atoms with van der Waals surface area (Å²) in [5.41, 5.74) is 0. The van der Waals surface area contributed by atoms with E-state index >= 15 is 0 Å². The molecule has 70 valence electrons. The van der Waals surface area contributed by atoms with Crippen molar-refractivity contribution in [1.29, 1.82) is 0 Å². The highest BCUT2D eigenvalue weighted by Gasteiger charge is 2.02. The monoisotopic (exact) mass is 174 g/mol.